The minimum absolute atomic E-state index is 0.137. The zero-order chi connectivity index (χ0) is 12.9. The third kappa shape index (κ3) is 4.62. The number of rotatable bonds is 4. The maximum atomic E-state index is 12.0. The van der Waals surface area contributed by atoms with Gasteiger partial charge in [-0.05, 0) is 24.5 Å². The highest BCUT2D eigenvalue weighted by Crippen LogP contribution is 2.08. The lowest BCUT2D eigenvalue weighted by Crippen LogP contribution is -2.16. The molecular formula is C11H17N3O2S. The number of amides is 1. The number of carbonyl (C=O) groups excluding carboxylic acids is 1. The van der Waals surface area contributed by atoms with Gasteiger partial charge in [0.25, 0.3) is 5.91 Å². The van der Waals surface area contributed by atoms with Gasteiger partial charge >= 0.3 is 0 Å². The van der Waals surface area contributed by atoms with Crippen molar-refractivity contribution in [3.05, 3.63) is 24.4 Å². The fraction of sp³-hybridized carbons (Fsp3) is 0.455. The Morgan fingerprint density at radius 3 is 2.76 bits per heavy atom. The molecule has 0 saturated heterocycles. The van der Waals surface area contributed by atoms with Crippen LogP contribution in [0.2, 0.25) is 0 Å². The van der Waals surface area contributed by atoms with Crippen molar-refractivity contribution in [2.75, 3.05) is 0 Å². The molecule has 0 saturated carbocycles. The average molecular weight is 255 g/mol. The largest absolute Gasteiger partial charge is 0.272 e. The fourth-order valence-electron chi connectivity index (χ4n) is 1.18. The molecule has 1 aromatic heterocycles. The van der Waals surface area contributed by atoms with Crippen LogP contribution in [0.4, 0.5) is 0 Å². The van der Waals surface area contributed by atoms with Gasteiger partial charge in [-0.15, -0.1) is 4.36 Å². The van der Waals surface area contributed by atoms with Crippen molar-refractivity contribution in [2.24, 2.45) is 15.4 Å². The molecule has 0 radical (unpaired) electrons. The summed E-state index contributed by atoms with van der Waals surface area (Å²) in [5.41, 5.74) is 0. The molecule has 0 aliphatic carbocycles. The zero-order valence-corrected chi connectivity index (χ0v) is 10.8. The minimum atomic E-state index is -3.19. The summed E-state index contributed by atoms with van der Waals surface area (Å²) in [4.78, 5) is 15.3. The van der Waals surface area contributed by atoms with Crippen LogP contribution in [0.1, 0.15) is 26.7 Å². The van der Waals surface area contributed by atoms with E-state index < -0.39 is 15.8 Å². The predicted molar refractivity (Wildman–Crippen MR) is 66.3 cm³/mol. The van der Waals surface area contributed by atoms with Crippen LogP contribution < -0.4 is 5.14 Å². The highest BCUT2D eigenvalue weighted by Gasteiger charge is 2.11. The molecule has 6 heteroatoms. The summed E-state index contributed by atoms with van der Waals surface area (Å²) >= 11 is 0. The first-order valence-electron chi connectivity index (χ1n) is 5.40. The third-order valence-electron chi connectivity index (χ3n) is 2.11. The first-order valence-corrected chi connectivity index (χ1v) is 6.98. The van der Waals surface area contributed by atoms with Crippen LogP contribution in [0, 0.1) is 5.92 Å². The van der Waals surface area contributed by atoms with E-state index in [1.54, 1.807) is 12.1 Å². The molecule has 0 aliphatic heterocycles. The summed E-state index contributed by atoms with van der Waals surface area (Å²) in [6, 6.07) is 4.84. The molecule has 2 N–H and O–H groups in total. The van der Waals surface area contributed by atoms with Gasteiger partial charge in [0.2, 0.25) is 0 Å². The zero-order valence-electron chi connectivity index (χ0n) is 10.00. The van der Waals surface area contributed by atoms with Crippen LogP contribution in [0.5, 0.6) is 0 Å². The Balaban J connectivity index is 2.84. The van der Waals surface area contributed by atoms with Crippen LogP contribution in [0.25, 0.3) is 0 Å². The average Bonchev–Trinajstić information content (AvgIpc) is 2.27. The summed E-state index contributed by atoms with van der Waals surface area (Å²) in [5, 5.41) is 5.66. The topological polar surface area (TPSA) is 85.4 Å². The third-order valence-corrected chi connectivity index (χ3v) is 3.43. The lowest BCUT2D eigenvalue weighted by Gasteiger charge is -2.03. The molecule has 0 aromatic carbocycles. The lowest BCUT2D eigenvalue weighted by atomic mass is 10.1. The van der Waals surface area contributed by atoms with Gasteiger partial charge in [-0.1, -0.05) is 19.9 Å². The van der Waals surface area contributed by atoms with Crippen molar-refractivity contribution in [1.82, 2.24) is 4.98 Å². The van der Waals surface area contributed by atoms with Crippen molar-refractivity contribution < 1.29 is 9.00 Å². The maximum Gasteiger partial charge on any atom is 0.255 e. The molecule has 1 rings (SSSR count). The number of hydrogen-bond donors (Lipinski definition) is 1. The maximum absolute atomic E-state index is 12.0. The van der Waals surface area contributed by atoms with Crippen LogP contribution in [-0.2, 0) is 14.7 Å². The Kier molecular flexibility index (Phi) is 4.77. The van der Waals surface area contributed by atoms with Crippen molar-refractivity contribution in [3.63, 3.8) is 0 Å². The molecule has 0 aliphatic rings. The molecule has 1 aromatic rings. The molecular weight excluding hydrogens is 238 g/mol. The van der Waals surface area contributed by atoms with Gasteiger partial charge in [-0.25, -0.2) is 14.3 Å². The van der Waals surface area contributed by atoms with Gasteiger partial charge in [0, 0.05) is 12.6 Å². The smallest absolute Gasteiger partial charge is 0.255 e. The second-order valence-corrected chi connectivity index (χ2v) is 5.89. The van der Waals surface area contributed by atoms with E-state index in [4.69, 9.17) is 5.14 Å². The van der Waals surface area contributed by atoms with Crippen LogP contribution in [0.3, 0.4) is 0 Å². The lowest BCUT2D eigenvalue weighted by molar-refractivity contribution is -0.117. The summed E-state index contributed by atoms with van der Waals surface area (Å²) in [6.45, 7) is 4.01. The molecule has 17 heavy (non-hydrogen) atoms. The second-order valence-electron chi connectivity index (χ2n) is 4.15. The van der Waals surface area contributed by atoms with E-state index in [-0.39, 0.29) is 11.4 Å². The number of pyridine rings is 1. The summed E-state index contributed by atoms with van der Waals surface area (Å²) in [6.07, 6.45) is 2.44. The van der Waals surface area contributed by atoms with Gasteiger partial charge in [-0.3, -0.25) is 4.79 Å². The minimum Gasteiger partial charge on any atom is -0.272 e. The van der Waals surface area contributed by atoms with Crippen molar-refractivity contribution in [3.8, 4) is 0 Å². The van der Waals surface area contributed by atoms with E-state index in [2.05, 4.69) is 9.35 Å². The fourth-order valence-corrected chi connectivity index (χ4v) is 2.15. The van der Waals surface area contributed by atoms with Gasteiger partial charge in [-0.2, -0.15) is 0 Å². The number of aromatic nitrogens is 1. The highest BCUT2D eigenvalue weighted by molar-refractivity contribution is 7.91. The Hall–Kier alpha value is -1.27. The molecule has 0 spiro atoms. The Morgan fingerprint density at radius 1 is 1.53 bits per heavy atom. The van der Waals surface area contributed by atoms with Crippen LogP contribution in [-0.4, -0.2) is 15.1 Å². The van der Waals surface area contributed by atoms with Crippen molar-refractivity contribution in [2.45, 2.75) is 31.7 Å². The van der Waals surface area contributed by atoms with Gasteiger partial charge in [0.1, 0.15) is 0 Å². The molecule has 94 valence electrons. The Morgan fingerprint density at radius 2 is 2.24 bits per heavy atom. The van der Waals surface area contributed by atoms with E-state index in [0.717, 1.165) is 0 Å². The molecule has 1 unspecified atom stereocenters. The van der Waals surface area contributed by atoms with Gasteiger partial charge in [0.05, 0.1) is 0 Å². The number of carbonyl (C=O) groups is 1. The molecule has 1 amide bonds. The first kappa shape index (κ1) is 13.8. The van der Waals surface area contributed by atoms with E-state index in [1.165, 1.54) is 12.3 Å². The standard InChI is InChI=1S/C11H17N3O2S/c1-9(2)6-7-10(15)14-17(12,16)11-5-3-4-8-13-11/h3-5,8-9H,6-7H2,1-2H3,(H2,12,14,15,16). The van der Waals surface area contributed by atoms with E-state index in [9.17, 15) is 9.00 Å². The Bertz CT molecular complexity index is 491. The van der Waals surface area contributed by atoms with E-state index >= 15 is 0 Å². The summed E-state index contributed by atoms with van der Waals surface area (Å²) in [5.74, 6) is -0.0327. The SMILES string of the molecule is CC(C)CCC(=O)N=S(N)(=O)c1ccccn1. The predicted octanol–water partition coefficient (Wildman–Crippen LogP) is 1.75. The molecule has 1 heterocycles. The van der Waals surface area contributed by atoms with Crippen LogP contribution >= 0.6 is 0 Å². The monoisotopic (exact) mass is 255 g/mol. The molecule has 0 fully saturated rings. The van der Waals surface area contributed by atoms with Crippen molar-refractivity contribution in [1.29, 1.82) is 0 Å². The summed E-state index contributed by atoms with van der Waals surface area (Å²) < 4.78 is 15.5. The second kappa shape index (κ2) is 5.88. The summed E-state index contributed by atoms with van der Waals surface area (Å²) in [7, 11) is -3.19. The number of hydrogen-bond acceptors (Lipinski definition) is 3. The van der Waals surface area contributed by atoms with Gasteiger partial charge < -0.3 is 0 Å². The number of nitrogens with two attached hydrogens (primary N) is 1. The van der Waals surface area contributed by atoms with Gasteiger partial charge in [0.15, 0.2) is 14.9 Å². The molecule has 1 atom stereocenters. The first-order chi connectivity index (χ1) is 7.92. The quantitative estimate of drug-likeness (QED) is 0.889. The van der Waals surface area contributed by atoms with E-state index in [1.807, 2.05) is 13.8 Å². The normalized spacial score (nSPS) is 14.4. The molecule has 0 bridgehead atoms. The Labute approximate surface area is 102 Å². The highest BCUT2D eigenvalue weighted by atomic mass is 32.2. The molecule has 5 nitrogen and oxygen atoms in total. The van der Waals surface area contributed by atoms with E-state index in [0.29, 0.717) is 12.3 Å². The number of nitrogens with zero attached hydrogens (tertiary/aromatic N) is 2. The van der Waals surface area contributed by atoms with Crippen molar-refractivity contribution >= 4 is 15.8 Å². The van der Waals surface area contributed by atoms with Crippen LogP contribution in [0.15, 0.2) is 33.8 Å².